The first-order chi connectivity index (χ1) is 11.7. The van der Waals surface area contributed by atoms with Crippen molar-refractivity contribution >= 4 is 28.1 Å². The van der Waals surface area contributed by atoms with Gasteiger partial charge in [-0.2, -0.15) is 8.42 Å². The molecule has 1 amide bonds. The maximum Gasteiger partial charge on any atom is 0.408 e. The second kappa shape index (κ2) is 9.17. The van der Waals surface area contributed by atoms with Crippen LogP contribution >= 0.6 is 0 Å². The summed E-state index contributed by atoms with van der Waals surface area (Å²) in [5.41, 5.74) is -3.61. The van der Waals surface area contributed by atoms with Crippen molar-refractivity contribution in [2.75, 3.05) is 20.5 Å². The third-order valence-corrected chi connectivity index (χ3v) is 3.58. The lowest BCUT2D eigenvalue weighted by atomic mass is 9.90. The number of rotatable bonds is 8. The average Bonchev–Trinajstić information content (AvgIpc) is 2.47. The Balaban J connectivity index is 6.21. The molecule has 26 heavy (non-hydrogen) atoms. The SMILES string of the molecule is CCCC(NC(=O)OC(C)(C)C)C(OS(C)(=O)=O)(C(=O)OC)C(=O)OC. The minimum absolute atomic E-state index is 0.00103. The largest absolute Gasteiger partial charge is 0.466 e. The van der Waals surface area contributed by atoms with E-state index in [-0.39, 0.29) is 6.42 Å². The highest BCUT2D eigenvalue weighted by Crippen LogP contribution is 2.27. The summed E-state index contributed by atoms with van der Waals surface area (Å²) in [6.07, 6.45) is 0.0529. The highest BCUT2D eigenvalue weighted by Gasteiger charge is 2.59. The average molecular weight is 397 g/mol. The van der Waals surface area contributed by atoms with E-state index in [2.05, 4.69) is 14.8 Å². The van der Waals surface area contributed by atoms with Gasteiger partial charge < -0.3 is 19.5 Å². The second-order valence-electron chi connectivity index (χ2n) is 6.49. The predicted molar refractivity (Wildman–Crippen MR) is 90.8 cm³/mol. The van der Waals surface area contributed by atoms with Crippen LogP contribution in [-0.2, 0) is 38.1 Å². The molecule has 0 rings (SSSR count). The fraction of sp³-hybridized carbons (Fsp3) is 0.800. The van der Waals surface area contributed by atoms with Gasteiger partial charge in [0.25, 0.3) is 15.7 Å². The summed E-state index contributed by atoms with van der Waals surface area (Å²) in [5.74, 6) is -2.66. The van der Waals surface area contributed by atoms with Crippen LogP contribution in [0.2, 0.25) is 0 Å². The van der Waals surface area contributed by atoms with Gasteiger partial charge in [0.05, 0.1) is 26.5 Å². The van der Waals surface area contributed by atoms with Crippen LogP contribution in [0.1, 0.15) is 40.5 Å². The molecule has 10 nitrogen and oxygen atoms in total. The number of amides is 1. The topological polar surface area (TPSA) is 134 Å². The first kappa shape index (κ1) is 24.1. The minimum Gasteiger partial charge on any atom is -0.466 e. The summed E-state index contributed by atoms with van der Waals surface area (Å²) in [4.78, 5) is 36.9. The van der Waals surface area contributed by atoms with Gasteiger partial charge in [-0.15, -0.1) is 0 Å². The molecule has 0 aliphatic heterocycles. The second-order valence-corrected chi connectivity index (χ2v) is 8.07. The molecule has 0 saturated heterocycles. The molecular formula is C15H27NO9S. The van der Waals surface area contributed by atoms with E-state index in [1.54, 1.807) is 27.7 Å². The molecule has 1 N–H and O–H groups in total. The Bertz CT molecular complexity index is 606. The van der Waals surface area contributed by atoms with Crippen molar-refractivity contribution in [1.29, 1.82) is 0 Å². The zero-order valence-electron chi connectivity index (χ0n) is 16.1. The molecule has 0 bridgehead atoms. The summed E-state index contributed by atoms with van der Waals surface area (Å²) in [6, 6.07) is -1.42. The molecule has 0 aliphatic rings. The first-order valence-corrected chi connectivity index (χ1v) is 9.62. The van der Waals surface area contributed by atoms with E-state index in [9.17, 15) is 22.8 Å². The fourth-order valence-corrected chi connectivity index (χ4v) is 2.88. The van der Waals surface area contributed by atoms with Crippen LogP contribution < -0.4 is 5.32 Å². The van der Waals surface area contributed by atoms with Crippen LogP contribution in [0.4, 0.5) is 4.79 Å². The van der Waals surface area contributed by atoms with Gasteiger partial charge in [-0.25, -0.2) is 18.6 Å². The van der Waals surface area contributed by atoms with Crippen LogP contribution in [0.15, 0.2) is 0 Å². The lowest BCUT2D eigenvalue weighted by molar-refractivity contribution is -0.179. The minimum atomic E-state index is -4.32. The summed E-state index contributed by atoms with van der Waals surface area (Å²) in [5, 5.41) is 2.32. The standard InChI is InChI=1S/C15H27NO9S/c1-8-9-10(16-13(19)24-14(2,3)4)15(11(17)22-5,12(18)23-6)25-26(7,20)21/h10H,8-9H2,1-7H3,(H,16,19). The number of alkyl carbamates (subject to hydrolysis) is 1. The molecule has 0 aromatic rings. The van der Waals surface area contributed by atoms with E-state index < -0.39 is 45.4 Å². The van der Waals surface area contributed by atoms with Crippen molar-refractivity contribution in [2.24, 2.45) is 0 Å². The number of carbonyl (C=O) groups is 3. The smallest absolute Gasteiger partial charge is 0.408 e. The van der Waals surface area contributed by atoms with E-state index in [1.165, 1.54) is 0 Å². The van der Waals surface area contributed by atoms with Crippen molar-refractivity contribution in [3.8, 4) is 0 Å². The van der Waals surface area contributed by atoms with E-state index in [0.29, 0.717) is 12.7 Å². The molecular weight excluding hydrogens is 370 g/mol. The van der Waals surface area contributed by atoms with Crippen LogP contribution in [-0.4, -0.2) is 64.2 Å². The number of ether oxygens (including phenoxy) is 3. The number of esters is 2. The molecule has 0 fully saturated rings. The van der Waals surface area contributed by atoms with E-state index >= 15 is 0 Å². The zero-order chi connectivity index (χ0) is 20.8. The van der Waals surface area contributed by atoms with Gasteiger partial charge in [-0.3, -0.25) is 0 Å². The third-order valence-electron chi connectivity index (χ3n) is 3.02. The number of hydrogen-bond acceptors (Lipinski definition) is 9. The van der Waals surface area contributed by atoms with Crippen molar-refractivity contribution in [1.82, 2.24) is 5.32 Å². The van der Waals surface area contributed by atoms with Gasteiger partial charge in [-0.1, -0.05) is 13.3 Å². The first-order valence-electron chi connectivity index (χ1n) is 7.80. The lowest BCUT2D eigenvalue weighted by Gasteiger charge is -2.35. The molecule has 0 saturated carbocycles. The molecule has 0 spiro atoms. The maximum atomic E-state index is 12.4. The Hall–Kier alpha value is -1.88. The van der Waals surface area contributed by atoms with Gasteiger partial charge in [0.2, 0.25) is 0 Å². The Morgan fingerprint density at radius 2 is 1.50 bits per heavy atom. The van der Waals surface area contributed by atoms with Crippen molar-refractivity contribution < 1.29 is 41.2 Å². The number of carbonyl (C=O) groups excluding carboxylic acids is 3. The van der Waals surface area contributed by atoms with Crippen LogP contribution in [0.3, 0.4) is 0 Å². The Morgan fingerprint density at radius 1 is 1.04 bits per heavy atom. The number of nitrogens with one attached hydrogen (secondary N) is 1. The Labute approximate surface area is 153 Å². The van der Waals surface area contributed by atoms with Crippen molar-refractivity contribution in [3.05, 3.63) is 0 Å². The quantitative estimate of drug-likeness (QED) is 0.272. The summed E-state index contributed by atoms with van der Waals surface area (Å²) in [7, 11) is -2.43. The molecule has 152 valence electrons. The van der Waals surface area contributed by atoms with Gasteiger partial charge in [0, 0.05) is 0 Å². The van der Waals surface area contributed by atoms with Crippen molar-refractivity contribution in [2.45, 2.75) is 57.8 Å². The van der Waals surface area contributed by atoms with E-state index in [0.717, 1.165) is 14.2 Å². The molecule has 0 radical (unpaired) electrons. The molecule has 0 aliphatic carbocycles. The maximum absolute atomic E-state index is 12.4. The van der Waals surface area contributed by atoms with Gasteiger partial charge in [0.1, 0.15) is 5.60 Å². The summed E-state index contributed by atoms with van der Waals surface area (Å²) in [6.45, 7) is 6.54. The van der Waals surface area contributed by atoms with Crippen molar-refractivity contribution in [3.63, 3.8) is 0 Å². The summed E-state index contributed by atoms with van der Waals surface area (Å²) >= 11 is 0. The van der Waals surface area contributed by atoms with Crippen LogP contribution in [0.25, 0.3) is 0 Å². The molecule has 1 unspecified atom stereocenters. The third kappa shape index (κ3) is 6.79. The molecule has 0 aromatic carbocycles. The Morgan fingerprint density at radius 3 is 1.81 bits per heavy atom. The molecule has 11 heteroatoms. The predicted octanol–water partition coefficient (Wildman–Crippen LogP) is 0.741. The van der Waals surface area contributed by atoms with Gasteiger partial charge in [-0.05, 0) is 27.2 Å². The molecule has 1 atom stereocenters. The summed E-state index contributed by atoms with van der Waals surface area (Å²) < 4.78 is 42.5. The highest BCUT2D eigenvalue weighted by atomic mass is 32.2. The molecule has 0 aromatic heterocycles. The van der Waals surface area contributed by atoms with Crippen LogP contribution in [0, 0.1) is 0 Å². The normalized spacial score (nSPS) is 13.5. The van der Waals surface area contributed by atoms with Gasteiger partial charge in [0.15, 0.2) is 0 Å². The van der Waals surface area contributed by atoms with E-state index in [1.807, 2.05) is 0 Å². The van der Waals surface area contributed by atoms with E-state index in [4.69, 9.17) is 8.92 Å². The lowest BCUT2D eigenvalue weighted by Crippen LogP contribution is -2.65. The zero-order valence-corrected chi connectivity index (χ0v) is 16.9. The molecule has 0 heterocycles. The Kier molecular flexibility index (Phi) is 8.51. The van der Waals surface area contributed by atoms with Gasteiger partial charge >= 0.3 is 18.0 Å². The van der Waals surface area contributed by atoms with Crippen LogP contribution in [0.5, 0.6) is 0 Å². The number of methoxy groups -OCH3 is 2. The monoisotopic (exact) mass is 397 g/mol. The number of hydrogen-bond donors (Lipinski definition) is 1. The fourth-order valence-electron chi connectivity index (χ4n) is 2.15. The highest BCUT2D eigenvalue weighted by molar-refractivity contribution is 7.86.